The number of aliphatic hydroxyl groups is 1. The topological polar surface area (TPSA) is 106 Å². The Morgan fingerprint density at radius 1 is 1.52 bits per heavy atom. The van der Waals surface area contributed by atoms with E-state index in [1.807, 2.05) is 25.1 Å². The van der Waals surface area contributed by atoms with Crippen LogP contribution in [0.25, 0.3) is 0 Å². The summed E-state index contributed by atoms with van der Waals surface area (Å²) in [6.45, 7) is 1.90. The number of pyridine rings is 1. The quantitative estimate of drug-likeness (QED) is 0.756. The lowest BCUT2D eigenvalue weighted by Crippen LogP contribution is -2.42. The van der Waals surface area contributed by atoms with Crippen LogP contribution in [0.2, 0.25) is 0 Å². The van der Waals surface area contributed by atoms with Crippen molar-refractivity contribution in [3.63, 3.8) is 0 Å². The van der Waals surface area contributed by atoms with Gasteiger partial charge in [0.15, 0.2) is 0 Å². The van der Waals surface area contributed by atoms with Gasteiger partial charge in [-0.15, -0.1) is 0 Å². The smallest absolute Gasteiger partial charge is 0.242 e. The van der Waals surface area contributed by atoms with Crippen molar-refractivity contribution in [2.75, 3.05) is 5.73 Å². The van der Waals surface area contributed by atoms with Crippen LogP contribution in [-0.2, 0) is 11.3 Å². The van der Waals surface area contributed by atoms with Crippen LogP contribution in [0.5, 0.6) is 0 Å². The summed E-state index contributed by atoms with van der Waals surface area (Å²) in [6.07, 6.45) is 2.76. The Morgan fingerprint density at radius 3 is 2.87 bits per heavy atom. The summed E-state index contributed by atoms with van der Waals surface area (Å²) in [4.78, 5) is 16.7. The SMILES string of the molecule is Cc1cc(N)n(CC(=O)NC(c2ccccn2)C2CC(O)C2)n1. The second kappa shape index (κ2) is 6.37. The number of nitrogens with zero attached hydrogens (tertiary/aromatic N) is 3. The minimum atomic E-state index is -0.285. The van der Waals surface area contributed by atoms with Crippen LogP contribution in [0, 0.1) is 12.8 Å². The Hall–Kier alpha value is -2.41. The maximum absolute atomic E-state index is 12.4. The van der Waals surface area contributed by atoms with E-state index in [0.29, 0.717) is 18.7 Å². The number of nitrogens with two attached hydrogens (primary N) is 1. The first kappa shape index (κ1) is 15.5. The van der Waals surface area contributed by atoms with Crippen LogP contribution in [0.1, 0.15) is 30.3 Å². The van der Waals surface area contributed by atoms with Gasteiger partial charge in [0.25, 0.3) is 0 Å². The van der Waals surface area contributed by atoms with Gasteiger partial charge < -0.3 is 16.2 Å². The van der Waals surface area contributed by atoms with Crippen LogP contribution in [0.15, 0.2) is 30.5 Å². The average molecular weight is 315 g/mol. The Bertz CT molecular complexity index is 679. The van der Waals surface area contributed by atoms with Gasteiger partial charge in [0, 0.05) is 12.3 Å². The van der Waals surface area contributed by atoms with Gasteiger partial charge in [-0.1, -0.05) is 6.07 Å². The molecular weight excluding hydrogens is 294 g/mol. The lowest BCUT2D eigenvalue weighted by atomic mass is 9.76. The standard InChI is InChI=1S/C16H21N5O2/c1-10-6-14(17)21(20-10)9-15(23)19-16(11-7-12(22)8-11)13-4-2-3-5-18-13/h2-6,11-12,16,22H,7-9,17H2,1H3,(H,19,23). The summed E-state index contributed by atoms with van der Waals surface area (Å²) < 4.78 is 1.48. The highest BCUT2D eigenvalue weighted by atomic mass is 16.3. The molecule has 0 aromatic carbocycles. The van der Waals surface area contributed by atoms with E-state index in [0.717, 1.165) is 11.4 Å². The number of aliphatic hydroxyl groups excluding tert-OH is 1. The molecule has 1 aliphatic rings. The number of carbonyl (C=O) groups excluding carboxylic acids is 1. The van der Waals surface area contributed by atoms with Crippen molar-refractivity contribution in [2.45, 2.75) is 38.5 Å². The molecule has 0 radical (unpaired) electrons. The number of nitrogens with one attached hydrogen (secondary N) is 1. The van der Waals surface area contributed by atoms with E-state index in [9.17, 15) is 9.90 Å². The van der Waals surface area contributed by atoms with Crippen molar-refractivity contribution in [2.24, 2.45) is 5.92 Å². The van der Waals surface area contributed by atoms with Crippen LogP contribution in [-0.4, -0.2) is 31.9 Å². The summed E-state index contributed by atoms with van der Waals surface area (Å²) in [5, 5.41) is 16.8. The van der Waals surface area contributed by atoms with E-state index >= 15 is 0 Å². The molecule has 0 spiro atoms. The maximum Gasteiger partial charge on any atom is 0.242 e. The molecule has 7 nitrogen and oxygen atoms in total. The van der Waals surface area contributed by atoms with Crippen LogP contribution in [0.4, 0.5) is 5.82 Å². The number of amides is 1. The fraction of sp³-hybridized carbons (Fsp3) is 0.438. The largest absolute Gasteiger partial charge is 0.393 e. The molecule has 7 heteroatoms. The molecule has 0 aliphatic heterocycles. The molecule has 2 aromatic rings. The Morgan fingerprint density at radius 2 is 2.30 bits per heavy atom. The van der Waals surface area contributed by atoms with Crippen molar-refractivity contribution < 1.29 is 9.90 Å². The molecule has 1 unspecified atom stereocenters. The van der Waals surface area contributed by atoms with Gasteiger partial charge in [0.1, 0.15) is 12.4 Å². The predicted octanol–water partition coefficient (Wildman–Crippen LogP) is 0.797. The molecule has 2 heterocycles. The van der Waals surface area contributed by atoms with Crippen molar-refractivity contribution in [3.05, 3.63) is 41.9 Å². The first-order chi connectivity index (χ1) is 11.0. The minimum absolute atomic E-state index is 0.0677. The molecule has 2 aromatic heterocycles. The molecule has 1 atom stereocenters. The van der Waals surface area contributed by atoms with Gasteiger partial charge in [-0.05, 0) is 37.8 Å². The Balaban J connectivity index is 1.71. The Kier molecular flexibility index (Phi) is 4.29. The zero-order valence-electron chi connectivity index (χ0n) is 13.0. The van der Waals surface area contributed by atoms with Gasteiger partial charge in [-0.3, -0.25) is 9.78 Å². The summed E-state index contributed by atoms with van der Waals surface area (Å²) in [6, 6.07) is 7.15. The third kappa shape index (κ3) is 3.50. The number of carbonyl (C=O) groups is 1. The molecule has 1 fully saturated rings. The lowest BCUT2D eigenvalue weighted by molar-refractivity contribution is -0.123. The molecule has 3 rings (SSSR count). The van der Waals surface area contributed by atoms with Crippen molar-refractivity contribution in [3.8, 4) is 0 Å². The first-order valence-corrected chi connectivity index (χ1v) is 7.71. The zero-order valence-corrected chi connectivity index (χ0v) is 13.0. The van der Waals surface area contributed by atoms with Crippen molar-refractivity contribution in [1.82, 2.24) is 20.1 Å². The molecule has 23 heavy (non-hydrogen) atoms. The lowest BCUT2D eigenvalue weighted by Gasteiger charge is -2.37. The monoisotopic (exact) mass is 315 g/mol. The van der Waals surface area contributed by atoms with Crippen molar-refractivity contribution >= 4 is 11.7 Å². The third-order valence-corrected chi connectivity index (χ3v) is 4.17. The minimum Gasteiger partial charge on any atom is -0.393 e. The first-order valence-electron chi connectivity index (χ1n) is 7.71. The van der Waals surface area contributed by atoms with Crippen LogP contribution >= 0.6 is 0 Å². The van der Waals surface area contributed by atoms with Gasteiger partial charge in [0.2, 0.25) is 5.91 Å². The number of anilines is 1. The van der Waals surface area contributed by atoms with E-state index < -0.39 is 0 Å². The number of aromatic nitrogens is 3. The second-order valence-corrected chi connectivity index (χ2v) is 6.05. The highest BCUT2D eigenvalue weighted by Gasteiger charge is 2.36. The van der Waals surface area contributed by atoms with Gasteiger partial charge >= 0.3 is 0 Å². The van der Waals surface area contributed by atoms with E-state index in [1.54, 1.807) is 12.3 Å². The molecule has 1 amide bonds. The zero-order chi connectivity index (χ0) is 16.4. The molecule has 4 N–H and O–H groups in total. The number of hydrogen-bond acceptors (Lipinski definition) is 5. The number of aryl methyl sites for hydroxylation is 1. The molecule has 1 saturated carbocycles. The van der Waals surface area contributed by atoms with Crippen LogP contribution in [0.3, 0.4) is 0 Å². The molecular formula is C16H21N5O2. The molecule has 0 bridgehead atoms. The van der Waals surface area contributed by atoms with E-state index in [1.165, 1.54) is 4.68 Å². The van der Waals surface area contributed by atoms with E-state index in [-0.39, 0.29) is 30.5 Å². The average Bonchev–Trinajstić information content (AvgIpc) is 2.80. The predicted molar refractivity (Wildman–Crippen MR) is 85.2 cm³/mol. The van der Waals surface area contributed by atoms with Gasteiger partial charge in [0.05, 0.1) is 23.5 Å². The molecule has 1 aliphatic carbocycles. The number of rotatable bonds is 5. The van der Waals surface area contributed by atoms with E-state index in [4.69, 9.17) is 5.73 Å². The summed E-state index contributed by atoms with van der Waals surface area (Å²) in [5.41, 5.74) is 7.41. The maximum atomic E-state index is 12.4. The Labute approximate surface area is 134 Å². The summed E-state index contributed by atoms with van der Waals surface area (Å²) >= 11 is 0. The van der Waals surface area contributed by atoms with Crippen molar-refractivity contribution in [1.29, 1.82) is 0 Å². The molecule has 122 valence electrons. The van der Waals surface area contributed by atoms with Crippen LogP contribution < -0.4 is 11.1 Å². The number of hydrogen-bond donors (Lipinski definition) is 3. The van der Waals surface area contributed by atoms with Gasteiger partial charge in [-0.2, -0.15) is 5.10 Å². The van der Waals surface area contributed by atoms with E-state index in [2.05, 4.69) is 15.4 Å². The highest BCUT2D eigenvalue weighted by Crippen LogP contribution is 2.37. The normalized spacial score (nSPS) is 21.5. The summed E-state index contributed by atoms with van der Waals surface area (Å²) in [5.74, 6) is 0.489. The van der Waals surface area contributed by atoms with Gasteiger partial charge in [-0.25, -0.2) is 4.68 Å². The fourth-order valence-electron chi connectivity index (χ4n) is 2.94. The summed E-state index contributed by atoms with van der Waals surface area (Å²) in [7, 11) is 0. The fourth-order valence-corrected chi connectivity index (χ4v) is 2.94. The molecule has 0 saturated heterocycles. The number of nitrogen functional groups attached to an aromatic ring is 1. The second-order valence-electron chi connectivity index (χ2n) is 6.05. The highest BCUT2D eigenvalue weighted by molar-refractivity contribution is 5.76. The third-order valence-electron chi connectivity index (χ3n) is 4.17.